The molecule has 3 aromatic heterocycles. The van der Waals surface area contributed by atoms with Gasteiger partial charge in [-0.3, -0.25) is 20.0 Å². The summed E-state index contributed by atoms with van der Waals surface area (Å²) in [5, 5.41) is 9.48. The number of alkyl halides is 1. The molecule has 0 spiro atoms. The molecule has 8 nitrogen and oxygen atoms in total. The first-order valence-corrected chi connectivity index (χ1v) is 7.86. The fourth-order valence-electron chi connectivity index (χ4n) is 2.37. The molecule has 0 atom stereocenters. The second kappa shape index (κ2) is 6.40. The van der Waals surface area contributed by atoms with Gasteiger partial charge in [-0.2, -0.15) is 4.98 Å². The summed E-state index contributed by atoms with van der Waals surface area (Å²) in [5.74, 6) is -0.283. The monoisotopic (exact) mass is 346 g/mol. The highest BCUT2D eigenvalue weighted by Crippen LogP contribution is 2.17. The molecule has 2 N–H and O–H groups in total. The number of amides is 1. The quantitative estimate of drug-likeness (QED) is 0.699. The number of hydrogen-bond donors (Lipinski definition) is 2. The predicted octanol–water partition coefficient (Wildman–Crippen LogP) is 1.69. The number of nitrogens with one attached hydrogen (secondary N) is 2. The van der Waals surface area contributed by atoms with E-state index in [2.05, 4.69) is 25.5 Å². The van der Waals surface area contributed by atoms with Crippen LogP contribution in [0.4, 0.5) is 5.95 Å². The molecule has 0 fully saturated rings. The van der Waals surface area contributed by atoms with Crippen LogP contribution in [0.3, 0.4) is 0 Å². The van der Waals surface area contributed by atoms with E-state index in [1.807, 2.05) is 18.4 Å². The lowest BCUT2D eigenvalue weighted by atomic mass is 10.1. The zero-order chi connectivity index (χ0) is 17.3. The summed E-state index contributed by atoms with van der Waals surface area (Å²) in [6.45, 7) is 4.48. The average molecular weight is 347 g/mol. The van der Waals surface area contributed by atoms with Crippen molar-refractivity contribution in [2.75, 3.05) is 11.2 Å². The molecule has 0 aliphatic carbocycles. The van der Waals surface area contributed by atoms with Gasteiger partial charge in [-0.25, -0.2) is 4.98 Å². The number of fused-ring (bicyclic) bond motifs is 1. The fraction of sp³-hybridized carbons (Fsp3) is 0.267. The van der Waals surface area contributed by atoms with Crippen LogP contribution in [0, 0.1) is 6.92 Å². The molecular formula is C15H15ClN6O2. The molecule has 0 saturated carbocycles. The molecule has 0 aromatic carbocycles. The van der Waals surface area contributed by atoms with Gasteiger partial charge in [-0.15, -0.1) is 16.7 Å². The molecular weight excluding hydrogens is 332 g/mol. The SMILES string of the molecule is CCn1cc(-c2nc(NC(=O)CCl)n[nH]2)c(=O)c2ccc(C)nc21. The van der Waals surface area contributed by atoms with Crippen LogP contribution in [0.15, 0.2) is 23.1 Å². The smallest absolute Gasteiger partial charge is 0.249 e. The number of pyridine rings is 2. The Morgan fingerprint density at radius 2 is 2.17 bits per heavy atom. The van der Waals surface area contributed by atoms with Crippen LogP contribution in [0.2, 0.25) is 0 Å². The Kier molecular flexibility index (Phi) is 4.30. The van der Waals surface area contributed by atoms with Crippen molar-refractivity contribution in [3.8, 4) is 11.4 Å². The molecule has 0 saturated heterocycles. The van der Waals surface area contributed by atoms with Crippen LogP contribution in [-0.2, 0) is 11.3 Å². The molecule has 0 aliphatic heterocycles. The van der Waals surface area contributed by atoms with Crippen LogP contribution in [0.25, 0.3) is 22.4 Å². The van der Waals surface area contributed by atoms with Gasteiger partial charge in [0.15, 0.2) is 5.82 Å². The number of hydrogen-bond acceptors (Lipinski definition) is 5. The minimum absolute atomic E-state index is 0.0697. The molecule has 24 heavy (non-hydrogen) atoms. The first-order chi connectivity index (χ1) is 11.5. The largest absolute Gasteiger partial charge is 0.332 e. The number of carbonyl (C=O) groups excluding carboxylic acids is 1. The van der Waals surface area contributed by atoms with E-state index in [1.165, 1.54) is 0 Å². The van der Waals surface area contributed by atoms with E-state index in [9.17, 15) is 9.59 Å². The Morgan fingerprint density at radius 3 is 2.88 bits per heavy atom. The molecule has 0 aliphatic rings. The zero-order valence-corrected chi connectivity index (χ0v) is 13.9. The summed E-state index contributed by atoms with van der Waals surface area (Å²) in [4.78, 5) is 32.6. The molecule has 1 amide bonds. The summed E-state index contributed by atoms with van der Waals surface area (Å²) >= 11 is 5.43. The van der Waals surface area contributed by atoms with Crippen molar-refractivity contribution in [2.24, 2.45) is 0 Å². The van der Waals surface area contributed by atoms with E-state index < -0.39 is 5.91 Å². The maximum Gasteiger partial charge on any atom is 0.249 e. The highest BCUT2D eigenvalue weighted by molar-refractivity contribution is 6.28. The number of nitrogens with zero attached hydrogens (tertiary/aromatic N) is 4. The van der Waals surface area contributed by atoms with Gasteiger partial charge < -0.3 is 4.57 Å². The lowest BCUT2D eigenvalue weighted by molar-refractivity contribution is -0.114. The second-order valence-electron chi connectivity index (χ2n) is 5.17. The van der Waals surface area contributed by atoms with Gasteiger partial charge in [-0.05, 0) is 26.0 Å². The maximum atomic E-state index is 12.7. The number of aryl methyl sites for hydroxylation is 2. The van der Waals surface area contributed by atoms with E-state index in [0.29, 0.717) is 23.1 Å². The first-order valence-electron chi connectivity index (χ1n) is 7.33. The van der Waals surface area contributed by atoms with E-state index in [-0.39, 0.29) is 23.1 Å². The third kappa shape index (κ3) is 2.88. The van der Waals surface area contributed by atoms with Crippen LogP contribution in [0.5, 0.6) is 0 Å². The van der Waals surface area contributed by atoms with Crippen molar-refractivity contribution in [1.82, 2.24) is 24.7 Å². The van der Waals surface area contributed by atoms with Gasteiger partial charge >= 0.3 is 0 Å². The van der Waals surface area contributed by atoms with Crippen molar-refractivity contribution in [3.63, 3.8) is 0 Å². The Labute approximate surface area is 141 Å². The van der Waals surface area contributed by atoms with Crippen molar-refractivity contribution in [1.29, 1.82) is 0 Å². The second-order valence-corrected chi connectivity index (χ2v) is 5.44. The predicted molar refractivity (Wildman–Crippen MR) is 91.1 cm³/mol. The lowest BCUT2D eigenvalue weighted by Gasteiger charge is -2.10. The molecule has 9 heteroatoms. The normalized spacial score (nSPS) is 11.0. The Balaban J connectivity index is 2.13. The van der Waals surface area contributed by atoms with Crippen LogP contribution >= 0.6 is 11.6 Å². The number of rotatable bonds is 4. The summed E-state index contributed by atoms with van der Waals surface area (Å²) in [6, 6.07) is 3.54. The lowest BCUT2D eigenvalue weighted by Crippen LogP contribution is -2.14. The van der Waals surface area contributed by atoms with Crippen LogP contribution in [0.1, 0.15) is 12.6 Å². The van der Waals surface area contributed by atoms with Crippen LogP contribution in [-0.4, -0.2) is 36.5 Å². The van der Waals surface area contributed by atoms with Crippen LogP contribution < -0.4 is 10.7 Å². The van der Waals surface area contributed by atoms with Crippen molar-refractivity contribution in [2.45, 2.75) is 20.4 Å². The number of anilines is 1. The molecule has 3 heterocycles. The average Bonchev–Trinajstić information content (AvgIpc) is 3.03. The molecule has 3 aromatic rings. The minimum Gasteiger partial charge on any atom is -0.332 e. The molecule has 0 radical (unpaired) electrons. The number of carbonyl (C=O) groups is 1. The summed E-state index contributed by atoms with van der Waals surface area (Å²) in [6.07, 6.45) is 1.69. The zero-order valence-electron chi connectivity index (χ0n) is 13.1. The van der Waals surface area contributed by atoms with E-state index >= 15 is 0 Å². The van der Waals surface area contributed by atoms with Gasteiger partial charge in [0.05, 0.1) is 10.9 Å². The first kappa shape index (κ1) is 16.1. The van der Waals surface area contributed by atoms with Gasteiger partial charge in [0.25, 0.3) is 0 Å². The van der Waals surface area contributed by atoms with E-state index in [1.54, 1.807) is 18.3 Å². The van der Waals surface area contributed by atoms with E-state index in [4.69, 9.17) is 11.6 Å². The van der Waals surface area contributed by atoms with Crippen molar-refractivity contribution < 1.29 is 4.79 Å². The summed E-state index contributed by atoms with van der Waals surface area (Å²) in [5.41, 5.74) is 1.62. The van der Waals surface area contributed by atoms with Gasteiger partial charge in [0.2, 0.25) is 17.3 Å². The Morgan fingerprint density at radius 1 is 1.38 bits per heavy atom. The summed E-state index contributed by atoms with van der Waals surface area (Å²) in [7, 11) is 0. The molecule has 124 valence electrons. The third-order valence-corrected chi connectivity index (χ3v) is 3.76. The highest BCUT2D eigenvalue weighted by atomic mass is 35.5. The maximum absolute atomic E-state index is 12.7. The Bertz CT molecular complexity index is 978. The van der Waals surface area contributed by atoms with Gasteiger partial charge in [0.1, 0.15) is 11.5 Å². The standard InChI is InChI=1S/C15H15ClN6O2/c1-3-22-7-10(12(24)9-5-4-8(2)17-14(9)22)13-19-15(21-20-13)18-11(23)6-16/h4-5,7H,3,6H2,1-2H3,(H2,18,19,20,21,23). The minimum atomic E-state index is -0.425. The van der Waals surface area contributed by atoms with Crippen molar-refractivity contribution in [3.05, 3.63) is 34.2 Å². The molecule has 3 rings (SSSR count). The van der Waals surface area contributed by atoms with Gasteiger partial charge in [0, 0.05) is 18.4 Å². The fourth-order valence-corrected chi connectivity index (χ4v) is 2.43. The van der Waals surface area contributed by atoms with Gasteiger partial charge in [-0.1, -0.05) is 0 Å². The molecule has 0 unspecified atom stereocenters. The van der Waals surface area contributed by atoms with Crippen molar-refractivity contribution >= 4 is 34.5 Å². The Hall–Kier alpha value is -2.74. The topological polar surface area (TPSA) is 106 Å². The summed E-state index contributed by atoms with van der Waals surface area (Å²) < 4.78 is 1.87. The highest BCUT2D eigenvalue weighted by Gasteiger charge is 2.15. The number of aromatic amines is 1. The number of H-pyrrole nitrogens is 1. The van der Waals surface area contributed by atoms with E-state index in [0.717, 1.165) is 5.69 Å². The third-order valence-electron chi connectivity index (χ3n) is 3.51. The number of halogens is 1. The number of aromatic nitrogens is 5. The molecule has 0 bridgehead atoms.